The zero-order chi connectivity index (χ0) is 15.2. The fraction of sp³-hybridized carbons (Fsp3) is 0.294. The number of aromatic nitrogens is 1. The van der Waals surface area contributed by atoms with Gasteiger partial charge < -0.3 is 10.5 Å². The maximum Gasteiger partial charge on any atom is 0.142 e. The number of hydrogen-bond donors (Lipinski definition) is 2. The van der Waals surface area contributed by atoms with Crippen LogP contribution in [0.5, 0.6) is 5.75 Å². The Morgan fingerprint density at radius 2 is 2.00 bits per heavy atom. The number of pyridine rings is 1. The molecule has 2 rings (SSSR count). The standard InChI is InChI=1S/C17H21N3O/c1-3-12(2)13-6-8-15(9-7-13)21-11-14-5-4-10-20-16(14)17(18)19/h4-10,12H,3,11H2,1-2H3,(H3,18,19). The highest BCUT2D eigenvalue weighted by atomic mass is 16.5. The van der Waals surface area contributed by atoms with Gasteiger partial charge in [-0.3, -0.25) is 10.4 Å². The van der Waals surface area contributed by atoms with E-state index in [1.807, 2.05) is 24.3 Å². The lowest BCUT2D eigenvalue weighted by Crippen LogP contribution is -2.16. The van der Waals surface area contributed by atoms with Gasteiger partial charge in [0.25, 0.3) is 0 Å². The maximum atomic E-state index is 7.52. The van der Waals surface area contributed by atoms with Crippen LogP contribution < -0.4 is 10.5 Å². The number of hydrogen-bond acceptors (Lipinski definition) is 3. The molecule has 0 aliphatic rings. The molecule has 0 saturated heterocycles. The van der Waals surface area contributed by atoms with E-state index in [1.54, 1.807) is 6.20 Å². The van der Waals surface area contributed by atoms with Gasteiger partial charge in [0, 0.05) is 11.8 Å². The molecule has 3 N–H and O–H groups in total. The van der Waals surface area contributed by atoms with Crippen LogP contribution in [0.25, 0.3) is 0 Å². The highest BCUT2D eigenvalue weighted by Crippen LogP contribution is 2.22. The van der Waals surface area contributed by atoms with Crippen molar-refractivity contribution in [3.63, 3.8) is 0 Å². The van der Waals surface area contributed by atoms with Crippen LogP contribution in [-0.4, -0.2) is 10.8 Å². The summed E-state index contributed by atoms with van der Waals surface area (Å²) >= 11 is 0. The molecule has 0 bridgehead atoms. The van der Waals surface area contributed by atoms with E-state index in [0.717, 1.165) is 17.7 Å². The van der Waals surface area contributed by atoms with Crippen LogP contribution in [0.4, 0.5) is 0 Å². The Bertz CT molecular complexity index is 608. The molecule has 1 aromatic heterocycles. The van der Waals surface area contributed by atoms with Crippen molar-refractivity contribution >= 4 is 5.84 Å². The van der Waals surface area contributed by atoms with Crippen molar-refractivity contribution in [2.24, 2.45) is 5.73 Å². The number of ether oxygens (including phenoxy) is 1. The summed E-state index contributed by atoms with van der Waals surface area (Å²) in [6, 6.07) is 11.8. The molecule has 4 heteroatoms. The first-order valence-electron chi connectivity index (χ1n) is 7.12. The number of nitrogens with one attached hydrogen (secondary N) is 1. The molecule has 0 aliphatic carbocycles. The minimum Gasteiger partial charge on any atom is -0.489 e. The number of amidine groups is 1. The number of nitrogen functional groups attached to an aromatic ring is 1. The predicted molar refractivity (Wildman–Crippen MR) is 84.7 cm³/mol. The molecule has 2 aromatic rings. The minimum absolute atomic E-state index is 0.0404. The Hall–Kier alpha value is -2.36. The molecule has 1 unspecified atom stereocenters. The summed E-state index contributed by atoms with van der Waals surface area (Å²) in [5.41, 5.74) is 8.13. The van der Waals surface area contributed by atoms with Crippen LogP contribution in [0.3, 0.4) is 0 Å². The largest absolute Gasteiger partial charge is 0.489 e. The lowest BCUT2D eigenvalue weighted by Gasteiger charge is -2.12. The van der Waals surface area contributed by atoms with Crippen molar-refractivity contribution in [1.29, 1.82) is 5.41 Å². The third-order valence-electron chi connectivity index (χ3n) is 3.60. The lowest BCUT2D eigenvalue weighted by molar-refractivity contribution is 0.305. The van der Waals surface area contributed by atoms with Crippen molar-refractivity contribution in [2.45, 2.75) is 32.8 Å². The minimum atomic E-state index is -0.0404. The smallest absolute Gasteiger partial charge is 0.142 e. The van der Waals surface area contributed by atoms with Crippen LogP contribution in [-0.2, 0) is 6.61 Å². The van der Waals surface area contributed by atoms with E-state index in [2.05, 4.69) is 31.0 Å². The van der Waals surface area contributed by atoms with Gasteiger partial charge in [0.1, 0.15) is 23.9 Å². The van der Waals surface area contributed by atoms with Gasteiger partial charge in [0.2, 0.25) is 0 Å². The maximum absolute atomic E-state index is 7.52. The molecule has 4 nitrogen and oxygen atoms in total. The first-order chi connectivity index (χ1) is 10.1. The molecular formula is C17H21N3O. The van der Waals surface area contributed by atoms with Crippen LogP contribution in [0, 0.1) is 5.41 Å². The van der Waals surface area contributed by atoms with E-state index < -0.39 is 0 Å². The Morgan fingerprint density at radius 1 is 1.29 bits per heavy atom. The first kappa shape index (κ1) is 15.0. The topological polar surface area (TPSA) is 72.0 Å². The number of nitrogens with two attached hydrogens (primary N) is 1. The van der Waals surface area contributed by atoms with Gasteiger partial charge in [0.15, 0.2) is 0 Å². The van der Waals surface area contributed by atoms with Gasteiger partial charge in [-0.25, -0.2) is 0 Å². The van der Waals surface area contributed by atoms with E-state index in [-0.39, 0.29) is 5.84 Å². The summed E-state index contributed by atoms with van der Waals surface area (Å²) in [5, 5.41) is 7.52. The number of benzene rings is 1. The van der Waals surface area contributed by atoms with E-state index >= 15 is 0 Å². The Morgan fingerprint density at radius 3 is 2.62 bits per heavy atom. The lowest BCUT2D eigenvalue weighted by atomic mass is 9.99. The SMILES string of the molecule is CCC(C)c1ccc(OCc2cccnc2C(=N)N)cc1. The molecule has 0 saturated carbocycles. The quantitative estimate of drug-likeness (QED) is 0.630. The van der Waals surface area contributed by atoms with Gasteiger partial charge in [-0.2, -0.15) is 0 Å². The Kier molecular flexibility index (Phi) is 4.93. The highest BCUT2D eigenvalue weighted by Gasteiger charge is 2.07. The summed E-state index contributed by atoms with van der Waals surface area (Å²) in [6.45, 7) is 4.75. The third kappa shape index (κ3) is 3.81. The Balaban J connectivity index is 2.05. The molecule has 1 aromatic carbocycles. The number of nitrogens with zero attached hydrogens (tertiary/aromatic N) is 1. The molecule has 110 valence electrons. The molecule has 21 heavy (non-hydrogen) atoms. The third-order valence-corrected chi connectivity index (χ3v) is 3.60. The van der Waals surface area contributed by atoms with Gasteiger partial charge in [-0.15, -0.1) is 0 Å². The molecule has 1 heterocycles. The van der Waals surface area contributed by atoms with E-state index in [9.17, 15) is 0 Å². The molecule has 0 amide bonds. The van der Waals surface area contributed by atoms with Crippen molar-refractivity contribution in [3.05, 3.63) is 59.4 Å². The van der Waals surface area contributed by atoms with Crippen LogP contribution in [0.1, 0.15) is 43.0 Å². The summed E-state index contributed by atoms with van der Waals surface area (Å²) in [7, 11) is 0. The highest BCUT2D eigenvalue weighted by molar-refractivity contribution is 5.94. The van der Waals surface area contributed by atoms with E-state index in [1.165, 1.54) is 5.56 Å². The van der Waals surface area contributed by atoms with Crippen LogP contribution in [0.15, 0.2) is 42.6 Å². The molecule has 0 aliphatic heterocycles. The van der Waals surface area contributed by atoms with Crippen molar-refractivity contribution < 1.29 is 4.74 Å². The van der Waals surface area contributed by atoms with E-state index in [4.69, 9.17) is 15.9 Å². The monoisotopic (exact) mass is 283 g/mol. The van der Waals surface area contributed by atoms with E-state index in [0.29, 0.717) is 18.2 Å². The summed E-state index contributed by atoms with van der Waals surface area (Å²) in [5.74, 6) is 1.32. The van der Waals surface area contributed by atoms with Crippen molar-refractivity contribution in [1.82, 2.24) is 4.98 Å². The zero-order valence-corrected chi connectivity index (χ0v) is 12.5. The first-order valence-corrected chi connectivity index (χ1v) is 7.12. The normalized spacial score (nSPS) is 11.9. The fourth-order valence-corrected chi connectivity index (χ4v) is 2.09. The molecular weight excluding hydrogens is 262 g/mol. The van der Waals surface area contributed by atoms with Gasteiger partial charge in [-0.1, -0.05) is 32.0 Å². The number of rotatable bonds is 6. The second-order valence-corrected chi connectivity index (χ2v) is 5.09. The molecule has 0 radical (unpaired) electrons. The van der Waals surface area contributed by atoms with Crippen LogP contribution in [0.2, 0.25) is 0 Å². The zero-order valence-electron chi connectivity index (χ0n) is 12.5. The van der Waals surface area contributed by atoms with Crippen LogP contribution >= 0.6 is 0 Å². The molecule has 0 spiro atoms. The average Bonchev–Trinajstić information content (AvgIpc) is 2.52. The van der Waals surface area contributed by atoms with Crippen molar-refractivity contribution in [2.75, 3.05) is 0 Å². The van der Waals surface area contributed by atoms with Gasteiger partial charge >= 0.3 is 0 Å². The predicted octanol–water partition coefficient (Wildman–Crippen LogP) is 3.46. The van der Waals surface area contributed by atoms with Crippen molar-refractivity contribution in [3.8, 4) is 5.75 Å². The summed E-state index contributed by atoms with van der Waals surface area (Å²) in [4.78, 5) is 4.11. The average molecular weight is 283 g/mol. The summed E-state index contributed by atoms with van der Waals surface area (Å²) < 4.78 is 5.76. The summed E-state index contributed by atoms with van der Waals surface area (Å²) in [6.07, 6.45) is 2.75. The molecule has 1 atom stereocenters. The van der Waals surface area contributed by atoms with Gasteiger partial charge in [0.05, 0.1) is 0 Å². The second kappa shape index (κ2) is 6.88. The van der Waals surface area contributed by atoms with Gasteiger partial charge in [-0.05, 0) is 36.1 Å². The second-order valence-electron chi connectivity index (χ2n) is 5.09. The Labute approximate surface area is 125 Å². The fourth-order valence-electron chi connectivity index (χ4n) is 2.09. The molecule has 0 fully saturated rings.